The predicted octanol–water partition coefficient (Wildman–Crippen LogP) is 4.30. The summed E-state index contributed by atoms with van der Waals surface area (Å²) >= 11 is 0. The highest BCUT2D eigenvalue weighted by atomic mass is 16.5. The third-order valence-corrected chi connectivity index (χ3v) is 6.44. The molecule has 0 unspecified atom stereocenters. The van der Waals surface area contributed by atoms with E-state index in [4.69, 9.17) is 15.6 Å². The van der Waals surface area contributed by atoms with Gasteiger partial charge in [0, 0.05) is 29.1 Å². The number of likely N-dealkylation sites (tertiary alicyclic amines) is 1. The number of nitrogens with one attached hydrogen (secondary N) is 1. The first-order valence-electron chi connectivity index (χ1n) is 12.6. The minimum Gasteiger partial charge on any atom is -0.495 e. The third-order valence-electron chi connectivity index (χ3n) is 6.44. The number of carboxylic acid groups (broad SMARTS) is 1. The predicted molar refractivity (Wildman–Crippen MR) is 155 cm³/mol. The number of amides is 1. The minimum absolute atomic E-state index is 0.292. The van der Waals surface area contributed by atoms with Crippen molar-refractivity contribution in [2.24, 2.45) is 0 Å². The van der Waals surface area contributed by atoms with E-state index in [-0.39, 0.29) is 5.91 Å². The molecule has 2 aromatic carbocycles. The van der Waals surface area contributed by atoms with Gasteiger partial charge in [-0.3, -0.25) is 9.48 Å². The molecule has 0 spiro atoms. The zero-order valence-corrected chi connectivity index (χ0v) is 22.2. The second-order valence-electron chi connectivity index (χ2n) is 8.95. The van der Waals surface area contributed by atoms with Gasteiger partial charge in [0.15, 0.2) is 0 Å². The van der Waals surface area contributed by atoms with Crippen LogP contribution in [0.3, 0.4) is 0 Å². The Morgan fingerprint density at radius 1 is 1.25 bits per heavy atom. The molecule has 1 aliphatic rings. The lowest BCUT2D eigenvalue weighted by Crippen LogP contribution is -2.39. The molecule has 11 nitrogen and oxygen atoms in total. The minimum atomic E-state index is -0.928. The Labute approximate surface area is 231 Å². The van der Waals surface area contributed by atoms with Gasteiger partial charge in [0.25, 0.3) is 0 Å². The molecule has 4 aromatic rings. The second-order valence-corrected chi connectivity index (χ2v) is 8.95. The maximum absolute atomic E-state index is 11.1. The highest BCUT2D eigenvalue weighted by molar-refractivity contribution is 5.95. The number of hydrogen-bond acceptors (Lipinski definition) is 8. The number of nitrogens with two attached hydrogens (primary N) is 1. The maximum Gasteiger partial charge on any atom is 0.326 e. The fourth-order valence-corrected chi connectivity index (χ4v) is 4.49. The number of carbonyl (C=O) groups is 2. The molecule has 40 heavy (non-hydrogen) atoms. The number of nitrogen functional groups attached to an aromatic ring is 1. The number of anilines is 3. The number of aliphatic carboxylic acids is 1. The molecule has 0 bridgehead atoms. The molecular formula is C29H31N7O4. The van der Waals surface area contributed by atoms with Gasteiger partial charge in [-0.25, -0.2) is 14.8 Å². The number of methoxy groups -OCH3 is 1. The van der Waals surface area contributed by atoms with E-state index in [1.807, 2.05) is 53.4 Å². The van der Waals surface area contributed by atoms with Crippen LogP contribution in [0.1, 0.15) is 12.8 Å². The van der Waals surface area contributed by atoms with Crippen LogP contribution in [0, 0.1) is 0 Å². The Kier molecular flexibility index (Phi) is 8.75. The van der Waals surface area contributed by atoms with Crippen molar-refractivity contribution in [2.75, 3.05) is 24.7 Å². The molecule has 1 aliphatic heterocycles. The topological polar surface area (TPSA) is 148 Å². The van der Waals surface area contributed by atoms with E-state index in [9.17, 15) is 9.59 Å². The van der Waals surface area contributed by atoms with E-state index in [1.165, 1.54) is 11.2 Å². The van der Waals surface area contributed by atoms with Crippen LogP contribution in [0.15, 0.2) is 80.3 Å². The van der Waals surface area contributed by atoms with Crippen LogP contribution in [0.2, 0.25) is 0 Å². The van der Waals surface area contributed by atoms with Crippen LogP contribution in [0.25, 0.3) is 21.8 Å². The molecule has 1 atom stereocenters. The summed E-state index contributed by atoms with van der Waals surface area (Å²) in [5, 5.41) is 18.4. The molecule has 2 aromatic heterocycles. The van der Waals surface area contributed by atoms with Gasteiger partial charge in [0.1, 0.15) is 23.9 Å². The van der Waals surface area contributed by atoms with Gasteiger partial charge in [0.2, 0.25) is 5.91 Å². The van der Waals surface area contributed by atoms with E-state index in [1.54, 1.807) is 13.2 Å². The second kappa shape index (κ2) is 12.6. The summed E-state index contributed by atoms with van der Waals surface area (Å²) in [7, 11) is 1.58. The fourth-order valence-electron chi connectivity index (χ4n) is 4.49. The first-order chi connectivity index (χ1) is 19.4. The summed E-state index contributed by atoms with van der Waals surface area (Å²) < 4.78 is 7.21. The number of rotatable bonds is 8. The lowest BCUT2D eigenvalue weighted by molar-refractivity contribution is -0.146. The van der Waals surface area contributed by atoms with Crippen LogP contribution in [-0.4, -0.2) is 61.3 Å². The normalized spacial score (nSPS) is 14.6. The van der Waals surface area contributed by atoms with Gasteiger partial charge < -0.3 is 25.8 Å². The Morgan fingerprint density at radius 3 is 2.80 bits per heavy atom. The van der Waals surface area contributed by atoms with E-state index >= 15 is 0 Å². The number of allylic oxidation sites excluding steroid dienone is 3. The van der Waals surface area contributed by atoms with Crippen LogP contribution >= 0.6 is 0 Å². The molecule has 5 rings (SSSR count). The molecule has 0 radical (unpaired) electrons. The average molecular weight is 542 g/mol. The molecule has 11 heteroatoms. The number of carbonyl (C=O) groups excluding carboxylic acids is 1. The van der Waals surface area contributed by atoms with Gasteiger partial charge in [0.05, 0.1) is 36.6 Å². The van der Waals surface area contributed by atoms with Gasteiger partial charge in [-0.15, -0.1) is 0 Å². The SMILES string of the molecule is C=CC(=O)N1CCC[C@H]1C(=O)O.C=CC=CCn1ncc2cc(Nc3ncnc4cc(OC)c(N)cc34)ccc21. The van der Waals surface area contributed by atoms with Crippen molar-refractivity contribution in [3.05, 3.63) is 80.3 Å². The van der Waals surface area contributed by atoms with Gasteiger partial charge in [-0.1, -0.05) is 31.4 Å². The van der Waals surface area contributed by atoms with Crippen LogP contribution in [0.5, 0.6) is 5.75 Å². The average Bonchev–Trinajstić information content (AvgIpc) is 3.61. The van der Waals surface area contributed by atoms with Crippen molar-refractivity contribution in [1.29, 1.82) is 0 Å². The largest absolute Gasteiger partial charge is 0.495 e. The van der Waals surface area contributed by atoms with Crippen LogP contribution in [-0.2, 0) is 16.1 Å². The number of carboxylic acids is 1. The van der Waals surface area contributed by atoms with Crippen molar-refractivity contribution < 1.29 is 19.4 Å². The molecule has 1 amide bonds. The first-order valence-corrected chi connectivity index (χ1v) is 12.6. The maximum atomic E-state index is 11.1. The summed E-state index contributed by atoms with van der Waals surface area (Å²) in [5.41, 5.74) is 9.31. The number of benzene rings is 2. The molecule has 1 fully saturated rings. The number of hydrogen-bond donors (Lipinski definition) is 3. The molecule has 3 heterocycles. The van der Waals surface area contributed by atoms with Gasteiger partial charge in [-0.2, -0.15) is 5.10 Å². The Morgan fingerprint density at radius 2 is 2.08 bits per heavy atom. The summed E-state index contributed by atoms with van der Waals surface area (Å²) in [5.74, 6) is 0.0547. The Bertz CT molecular complexity index is 1590. The lowest BCUT2D eigenvalue weighted by atomic mass is 10.2. The number of ether oxygens (including phenoxy) is 1. The summed E-state index contributed by atoms with van der Waals surface area (Å²) in [4.78, 5) is 31.7. The first kappa shape index (κ1) is 27.8. The summed E-state index contributed by atoms with van der Waals surface area (Å²) in [6.07, 6.45) is 11.5. The van der Waals surface area contributed by atoms with E-state index in [0.717, 1.165) is 40.0 Å². The third kappa shape index (κ3) is 6.09. The summed E-state index contributed by atoms with van der Waals surface area (Å²) in [6.45, 7) is 8.22. The highest BCUT2D eigenvalue weighted by Gasteiger charge is 2.32. The van der Waals surface area contributed by atoms with Crippen LogP contribution in [0.4, 0.5) is 17.2 Å². The zero-order valence-electron chi connectivity index (χ0n) is 22.2. The Hall–Kier alpha value is -5.19. The van der Waals surface area contributed by atoms with Crippen LogP contribution < -0.4 is 15.8 Å². The highest BCUT2D eigenvalue weighted by Crippen LogP contribution is 2.31. The van der Waals surface area contributed by atoms with Crippen molar-refractivity contribution >= 4 is 50.9 Å². The smallest absolute Gasteiger partial charge is 0.326 e. The van der Waals surface area contributed by atoms with Crippen molar-refractivity contribution in [2.45, 2.75) is 25.4 Å². The van der Waals surface area contributed by atoms with Gasteiger partial charge in [-0.05, 0) is 43.2 Å². The quantitative estimate of drug-likeness (QED) is 0.169. The molecule has 1 saturated heterocycles. The molecule has 4 N–H and O–H groups in total. The van der Waals surface area contributed by atoms with Crippen molar-refractivity contribution in [3.63, 3.8) is 0 Å². The molecule has 0 aliphatic carbocycles. The van der Waals surface area contributed by atoms with E-state index in [0.29, 0.717) is 36.8 Å². The molecule has 0 saturated carbocycles. The fraction of sp³-hybridized carbons (Fsp3) is 0.207. The van der Waals surface area contributed by atoms with Gasteiger partial charge >= 0.3 is 5.97 Å². The Balaban J connectivity index is 0.000000259. The van der Waals surface area contributed by atoms with Crippen molar-refractivity contribution in [3.8, 4) is 5.75 Å². The number of fused-ring (bicyclic) bond motifs is 2. The zero-order chi connectivity index (χ0) is 28.6. The number of nitrogens with zero attached hydrogens (tertiary/aromatic N) is 5. The van der Waals surface area contributed by atoms with E-state index in [2.05, 4.69) is 33.5 Å². The molecular weight excluding hydrogens is 510 g/mol. The number of aromatic nitrogens is 4. The molecule has 206 valence electrons. The monoisotopic (exact) mass is 541 g/mol. The van der Waals surface area contributed by atoms with E-state index < -0.39 is 12.0 Å². The van der Waals surface area contributed by atoms with Crippen molar-refractivity contribution in [1.82, 2.24) is 24.6 Å². The lowest BCUT2D eigenvalue weighted by Gasteiger charge is -2.18. The summed E-state index contributed by atoms with van der Waals surface area (Å²) in [6, 6.07) is 9.05. The standard InChI is InChI=1S/C21H20N6O.C8H11NO3/c1-3-4-5-8-27-19-7-6-15(9-14(19)12-25-27)26-21-16-10-17(22)20(28-2)11-18(16)23-13-24-21;1-2-7(10)9-5-3-4-6(9)8(11)12/h3-7,9-13H,1,8,22H2,2H3,(H,23,24,26);2,6H,1,3-5H2,(H,11,12)/t;6-/m.0/s1.